The van der Waals surface area contributed by atoms with E-state index in [1.165, 1.54) is 12.8 Å². The maximum atomic E-state index is 10.7. The molecule has 0 aromatic carbocycles. The lowest BCUT2D eigenvalue weighted by molar-refractivity contribution is -0.0111. The van der Waals surface area contributed by atoms with Crippen LogP contribution in [0.3, 0.4) is 0 Å². The van der Waals surface area contributed by atoms with Crippen molar-refractivity contribution in [2.24, 2.45) is 5.92 Å². The highest BCUT2D eigenvalue weighted by Crippen LogP contribution is 2.29. The fraction of sp³-hybridized carbons (Fsp3) is 0.565. The van der Waals surface area contributed by atoms with Gasteiger partial charge in [-0.15, -0.1) is 0 Å². The Bertz CT molecular complexity index is 526. The van der Waals surface area contributed by atoms with E-state index in [-0.39, 0.29) is 12.0 Å². The van der Waals surface area contributed by atoms with Gasteiger partial charge >= 0.3 is 0 Å². The van der Waals surface area contributed by atoms with E-state index in [9.17, 15) is 5.11 Å². The molecule has 2 N–H and O–H groups in total. The highest BCUT2D eigenvalue weighted by atomic mass is 35.5. The van der Waals surface area contributed by atoms with E-state index >= 15 is 0 Å². The van der Waals surface area contributed by atoms with Crippen LogP contribution in [0.5, 0.6) is 0 Å². The van der Waals surface area contributed by atoms with E-state index in [2.05, 4.69) is 30.6 Å². The van der Waals surface area contributed by atoms with Crippen LogP contribution in [-0.2, 0) is 4.74 Å². The number of hydrogen-bond donors (Lipinski definition) is 2. The van der Waals surface area contributed by atoms with Crippen molar-refractivity contribution in [2.75, 3.05) is 25.7 Å². The molecule has 0 saturated carbocycles. The average Bonchev–Trinajstić information content (AvgIpc) is 2.96. The van der Waals surface area contributed by atoms with Crippen molar-refractivity contribution in [3.8, 4) is 0 Å². The quantitative estimate of drug-likeness (QED) is 0.524. The summed E-state index contributed by atoms with van der Waals surface area (Å²) in [5, 5.41) is 18.5. The van der Waals surface area contributed by atoms with E-state index < -0.39 is 6.10 Å². The molecule has 0 saturated heterocycles. The molecule has 0 heterocycles. The van der Waals surface area contributed by atoms with Crippen molar-refractivity contribution in [1.29, 1.82) is 0 Å². The minimum atomic E-state index is -0.577. The lowest BCUT2D eigenvalue weighted by Crippen LogP contribution is -2.34. The molecule has 2 aliphatic carbocycles. The smallest absolute Gasteiger partial charge is 0.0854 e. The second-order valence-corrected chi connectivity index (χ2v) is 7.78. The first-order valence-corrected chi connectivity index (χ1v) is 11.7. The Morgan fingerprint density at radius 3 is 2.21 bits per heavy atom. The highest BCUT2D eigenvalue weighted by molar-refractivity contribution is 7.98. The summed E-state index contributed by atoms with van der Waals surface area (Å²) in [5.41, 5.74) is 0.828. The third-order valence-electron chi connectivity index (χ3n) is 4.43. The van der Waals surface area contributed by atoms with E-state index in [0.717, 1.165) is 29.9 Å². The minimum absolute atomic E-state index is 0.0173. The molecule has 0 radical (unpaired) electrons. The summed E-state index contributed by atoms with van der Waals surface area (Å²) in [5.74, 6) is 1.07. The maximum Gasteiger partial charge on any atom is 0.0854 e. The molecular formula is C23H37ClO3S. The van der Waals surface area contributed by atoms with Crippen molar-refractivity contribution in [3.05, 3.63) is 59.2 Å². The van der Waals surface area contributed by atoms with Gasteiger partial charge in [0.15, 0.2) is 0 Å². The van der Waals surface area contributed by atoms with Crippen LogP contribution in [0, 0.1) is 5.92 Å². The molecule has 3 atom stereocenters. The molecule has 28 heavy (non-hydrogen) atoms. The number of thioether (sulfide) groups is 1. The standard InChI is InChI=1S/C16H25ClO2S.C6H8.CH4O/c1-4-19-12(2)13(10-11-20-3)16(18)14-8-6-5-7-9-15(14)17;1-2-4-6-5-3-1;1-2/h5-8,12-13,16,18H,4,9-11H2,1-3H3;1-4H,5-6H2;2H,1H3/t12?,13?,16-;;/m1../s1. The lowest BCUT2D eigenvalue weighted by Gasteiger charge is -2.29. The van der Waals surface area contributed by atoms with Crippen LogP contribution in [0.2, 0.25) is 0 Å². The summed E-state index contributed by atoms with van der Waals surface area (Å²) < 4.78 is 5.70. The molecular weight excluding hydrogens is 392 g/mol. The summed E-state index contributed by atoms with van der Waals surface area (Å²) in [4.78, 5) is 0. The predicted molar refractivity (Wildman–Crippen MR) is 125 cm³/mol. The molecule has 0 aromatic rings. The van der Waals surface area contributed by atoms with Gasteiger partial charge in [-0.1, -0.05) is 60.2 Å². The number of aliphatic hydroxyl groups excluding tert-OH is 2. The summed E-state index contributed by atoms with van der Waals surface area (Å²) >= 11 is 8.10. The average molecular weight is 429 g/mol. The Labute approximate surface area is 180 Å². The van der Waals surface area contributed by atoms with Crippen LogP contribution in [0.15, 0.2) is 59.2 Å². The van der Waals surface area contributed by atoms with Crippen LogP contribution >= 0.6 is 23.4 Å². The van der Waals surface area contributed by atoms with Crippen LogP contribution in [0.25, 0.3) is 0 Å². The van der Waals surface area contributed by atoms with Gasteiger partial charge in [-0.2, -0.15) is 11.8 Å². The number of halogens is 1. The van der Waals surface area contributed by atoms with Crippen molar-refractivity contribution < 1.29 is 14.9 Å². The zero-order valence-corrected chi connectivity index (χ0v) is 19.3. The number of ether oxygens (including phenoxy) is 1. The Morgan fingerprint density at radius 2 is 1.71 bits per heavy atom. The van der Waals surface area contributed by atoms with E-state index in [0.29, 0.717) is 13.0 Å². The van der Waals surface area contributed by atoms with Crippen LogP contribution in [0.4, 0.5) is 0 Å². The first kappa shape index (κ1) is 27.2. The number of hydrogen-bond acceptors (Lipinski definition) is 4. The third kappa shape index (κ3) is 11.3. The number of allylic oxidation sites excluding steroid dienone is 8. The molecule has 0 aliphatic heterocycles. The number of rotatable bonds is 8. The predicted octanol–water partition coefficient (Wildman–Crippen LogP) is 5.65. The first-order chi connectivity index (χ1) is 13.6. The van der Waals surface area contributed by atoms with Crippen LogP contribution < -0.4 is 0 Å². The molecule has 0 spiro atoms. The van der Waals surface area contributed by atoms with Crippen LogP contribution in [-0.4, -0.2) is 48.1 Å². The summed E-state index contributed by atoms with van der Waals surface area (Å²) in [6.45, 7) is 4.68. The Balaban J connectivity index is 0.000000759. The summed E-state index contributed by atoms with van der Waals surface area (Å²) in [6, 6.07) is 0. The van der Waals surface area contributed by atoms with Crippen molar-refractivity contribution in [3.63, 3.8) is 0 Å². The second-order valence-electron chi connectivity index (χ2n) is 6.34. The molecule has 0 aromatic heterocycles. The van der Waals surface area contributed by atoms with Gasteiger partial charge in [0.1, 0.15) is 0 Å². The first-order valence-electron chi connectivity index (χ1n) is 9.88. The summed E-state index contributed by atoms with van der Waals surface area (Å²) in [7, 11) is 1.00. The van der Waals surface area contributed by atoms with Gasteiger partial charge < -0.3 is 14.9 Å². The lowest BCUT2D eigenvalue weighted by atomic mass is 9.88. The maximum absolute atomic E-state index is 10.7. The van der Waals surface area contributed by atoms with Gasteiger partial charge in [-0.3, -0.25) is 0 Å². The van der Waals surface area contributed by atoms with Crippen molar-refractivity contribution in [2.45, 2.75) is 51.7 Å². The molecule has 0 fully saturated rings. The second kappa shape index (κ2) is 18.3. The SMILES string of the molecule is C1=CCCC=C1.CCOC(C)C(CCSC)[C@@H](O)C1=C(Cl)CC=CC=C1.CO. The zero-order chi connectivity index (χ0) is 21.2. The molecule has 2 aliphatic rings. The third-order valence-corrected chi connectivity index (χ3v) is 5.45. The van der Waals surface area contributed by atoms with E-state index in [1.807, 2.05) is 38.2 Å². The van der Waals surface area contributed by atoms with Gasteiger partial charge in [0, 0.05) is 31.1 Å². The van der Waals surface area contributed by atoms with E-state index in [4.69, 9.17) is 21.4 Å². The molecule has 5 heteroatoms. The summed E-state index contributed by atoms with van der Waals surface area (Å²) in [6.07, 6.45) is 21.9. The molecule has 3 nitrogen and oxygen atoms in total. The van der Waals surface area contributed by atoms with Gasteiger partial charge in [0.25, 0.3) is 0 Å². The fourth-order valence-electron chi connectivity index (χ4n) is 2.94. The van der Waals surface area contributed by atoms with Gasteiger partial charge in [0.05, 0.1) is 12.2 Å². The normalized spacial score (nSPS) is 18.4. The van der Waals surface area contributed by atoms with Gasteiger partial charge in [0.2, 0.25) is 0 Å². The largest absolute Gasteiger partial charge is 0.400 e. The minimum Gasteiger partial charge on any atom is -0.400 e. The molecule has 0 bridgehead atoms. The zero-order valence-electron chi connectivity index (χ0n) is 17.7. The molecule has 160 valence electrons. The van der Waals surface area contributed by atoms with E-state index in [1.54, 1.807) is 11.8 Å². The molecule has 2 rings (SSSR count). The fourth-order valence-corrected chi connectivity index (χ4v) is 3.71. The van der Waals surface area contributed by atoms with Gasteiger partial charge in [-0.25, -0.2) is 0 Å². The highest BCUT2D eigenvalue weighted by Gasteiger charge is 2.28. The van der Waals surface area contributed by atoms with Crippen molar-refractivity contribution >= 4 is 23.4 Å². The monoisotopic (exact) mass is 428 g/mol. The molecule has 0 amide bonds. The Kier molecular flexibility index (Phi) is 17.8. The molecule has 2 unspecified atom stereocenters. The topological polar surface area (TPSA) is 49.7 Å². The Morgan fingerprint density at radius 1 is 1.11 bits per heavy atom. The number of aliphatic hydroxyl groups is 2. The van der Waals surface area contributed by atoms with Crippen LogP contribution in [0.1, 0.15) is 39.5 Å². The Hall–Kier alpha value is -0.780. The van der Waals surface area contributed by atoms with Crippen molar-refractivity contribution in [1.82, 2.24) is 0 Å². The van der Waals surface area contributed by atoms with Gasteiger partial charge in [-0.05, 0) is 50.7 Å².